The Hall–Kier alpha value is -1.95. The van der Waals surface area contributed by atoms with Crippen LogP contribution >= 0.6 is 0 Å². The number of carboxylic acid groups (broad SMARTS) is 1. The minimum Gasteiger partial charge on any atom is -0.508 e. The molecule has 0 aliphatic heterocycles. The topological polar surface area (TPSA) is 57.5 Å². The number of phenolic OH excluding ortho intramolecular Hbond substituents is 1. The van der Waals surface area contributed by atoms with Crippen LogP contribution in [-0.4, -0.2) is 16.2 Å². The maximum atomic E-state index is 10.6. The first-order valence-corrected chi connectivity index (χ1v) is 5.56. The van der Waals surface area contributed by atoms with Gasteiger partial charge in [-0.1, -0.05) is 31.9 Å². The van der Waals surface area contributed by atoms with Gasteiger partial charge in [0.05, 0.1) is 12.3 Å². The first-order valence-electron chi connectivity index (χ1n) is 5.56. The summed E-state index contributed by atoms with van der Waals surface area (Å²) in [6.07, 6.45) is -0.0222. The average Bonchev–Trinajstić information content (AvgIpc) is 2.31. The molecule has 17 heavy (non-hydrogen) atoms. The Bertz CT molecular complexity index is 396. The molecular formula is C14H18O3. The molecule has 0 heterocycles. The standard InChI is InChI=1S/C12H12O3.C2H6/c1-2-3-10(8-12(14)15)9-4-6-11(13)7-5-9;1-2/h4-7,10,13H,8H2,1H3,(H,14,15);1-2H3/t10-;/m0./s1. The molecule has 2 N–H and O–H groups in total. The molecule has 3 nitrogen and oxygen atoms in total. The molecule has 0 aromatic heterocycles. The minimum absolute atomic E-state index is 0.0222. The largest absolute Gasteiger partial charge is 0.508 e. The van der Waals surface area contributed by atoms with Crippen molar-refractivity contribution in [2.24, 2.45) is 0 Å². The fourth-order valence-corrected chi connectivity index (χ4v) is 1.31. The van der Waals surface area contributed by atoms with Crippen molar-refractivity contribution >= 4 is 5.97 Å². The summed E-state index contributed by atoms with van der Waals surface area (Å²) in [7, 11) is 0. The number of aromatic hydroxyl groups is 1. The second kappa shape index (κ2) is 8.23. The van der Waals surface area contributed by atoms with E-state index in [0.29, 0.717) is 0 Å². The van der Waals surface area contributed by atoms with Crippen molar-refractivity contribution in [3.63, 3.8) is 0 Å². The van der Waals surface area contributed by atoms with Gasteiger partial charge in [0, 0.05) is 0 Å². The summed E-state index contributed by atoms with van der Waals surface area (Å²) in [6, 6.07) is 6.43. The average molecular weight is 234 g/mol. The molecule has 0 fully saturated rings. The van der Waals surface area contributed by atoms with Crippen LogP contribution in [0.25, 0.3) is 0 Å². The van der Waals surface area contributed by atoms with E-state index in [1.807, 2.05) is 13.8 Å². The fourth-order valence-electron chi connectivity index (χ4n) is 1.31. The molecular weight excluding hydrogens is 216 g/mol. The molecule has 0 spiro atoms. The van der Waals surface area contributed by atoms with Gasteiger partial charge in [-0.15, -0.1) is 5.92 Å². The molecule has 0 saturated heterocycles. The van der Waals surface area contributed by atoms with Crippen LogP contribution in [0.1, 0.15) is 38.7 Å². The third kappa shape index (κ3) is 5.62. The van der Waals surface area contributed by atoms with Crippen molar-refractivity contribution in [1.82, 2.24) is 0 Å². The Balaban J connectivity index is 0.00000121. The molecule has 1 rings (SSSR count). The van der Waals surface area contributed by atoms with E-state index < -0.39 is 5.97 Å². The summed E-state index contributed by atoms with van der Waals surface area (Å²) in [4.78, 5) is 10.6. The first-order chi connectivity index (χ1) is 8.13. The fraction of sp³-hybridized carbons (Fsp3) is 0.357. The third-order valence-corrected chi connectivity index (χ3v) is 1.99. The van der Waals surface area contributed by atoms with Crippen LogP contribution in [0.5, 0.6) is 5.75 Å². The van der Waals surface area contributed by atoms with Gasteiger partial charge in [-0.3, -0.25) is 4.79 Å². The molecule has 0 bridgehead atoms. The minimum atomic E-state index is -0.879. The Morgan fingerprint density at radius 1 is 1.29 bits per heavy atom. The Kier molecular flexibility index (Phi) is 7.29. The van der Waals surface area contributed by atoms with Crippen molar-refractivity contribution in [2.45, 2.75) is 33.1 Å². The van der Waals surface area contributed by atoms with Crippen LogP contribution in [0.4, 0.5) is 0 Å². The maximum absolute atomic E-state index is 10.6. The zero-order valence-electron chi connectivity index (χ0n) is 10.4. The Labute approximate surface area is 102 Å². The van der Waals surface area contributed by atoms with E-state index in [1.165, 1.54) is 12.1 Å². The second-order valence-corrected chi connectivity index (χ2v) is 3.14. The lowest BCUT2D eigenvalue weighted by atomic mass is 9.96. The molecule has 92 valence electrons. The van der Waals surface area contributed by atoms with E-state index in [1.54, 1.807) is 19.1 Å². The lowest BCUT2D eigenvalue weighted by molar-refractivity contribution is -0.137. The van der Waals surface area contributed by atoms with Crippen molar-refractivity contribution in [2.75, 3.05) is 0 Å². The van der Waals surface area contributed by atoms with Gasteiger partial charge in [0.1, 0.15) is 5.75 Å². The third-order valence-electron chi connectivity index (χ3n) is 1.99. The second-order valence-electron chi connectivity index (χ2n) is 3.14. The molecule has 0 unspecified atom stereocenters. The molecule has 0 saturated carbocycles. The van der Waals surface area contributed by atoms with E-state index in [2.05, 4.69) is 11.8 Å². The summed E-state index contributed by atoms with van der Waals surface area (Å²) in [5, 5.41) is 17.8. The number of rotatable bonds is 3. The molecule has 1 atom stereocenters. The molecule has 0 aliphatic carbocycles. The monoisotopic (exact) mass is 234 g/mol. The predicted octanol–water partition coefficient (Wildman–Crippen LogP) is 3.00. The Morgan fingerprint density at radius 2 is 1.82 bits per heavy atom. The lowest BCUT2D eigenvalue weighted by Gasteiger charge is -2.08. The number of hydrogen-bond donors (Lipinski definition) is 2. The van der Waals surface area contributed by atoms with Crippen LogP contribution in [0.2, 0.25) is 0 Å². The maximum Gasteiger partial charge on any atom is 0.304 e. The van der Waals surface area contributed by atoms with Gasteiger partial charge in [-0.25, -0.2) is 0 Å². The smallest absolute Gasteiger partial charge is 0.304 e. The van der Waals surface area contributed by atoms with Gasteiger partial charge in [0.15, 0.2) is 0 Å². The Morgan fingerprint density at radius 3 is 2.24 bits per heavy atom. The van der Waals surface area contributed by atoms with Gasteiger partial charge >= 0.3 is 5.97 Å². The highest BCUT2D eigenvalue weighted by Crippen LogP contribution is 2.21. The zero-order valence-corrected chi connectivity index (χ0v) is 10.4. The van der Waals surface area contributed by atoms with Gasteiger partial charge < -0.3 is 10.2 Å². The molecule has 0 radical (unpaired) electrons. The first kappa shape index (κ1) is 15.0. The van der Waals surface area contributed by atoms with E-state index >= 15 is 0 Å². The van der Waals surface area contributed by atoms with E-state index in [4.69, 9.17) is 10.2 Å². The molecule has 0 amide bonds. The highest BCUT2D eigenvalue weighted by atomic mass is 16.4. The summed E-state index contributed by atoms with van der Waals surface area (Å²) in [6.45, 7) is 5.68. The van der Waals surface area contributed by atoms with Gasteiger partial charge in [-0.05, 0) is 24.6 Å². The number of hydrogen-bond acceptors (Lipinski definition) is 2. The molecule has 1 aromatic carbocycles. The van der Waals surface area contributed by atoms with Crippen molar-refractivity contribution in [3.8, 4) is 17.6 Å². The van der Waals surface area contributed by atoms with Crippen LogP contribution in [0, 0.1) is 11.8 Å². The summed E-state index contributed by atoms with van der Waals surface area (Å²) in [5.74, 6) is 4.52. The highest BCUT2D eigenvalue weighted by molar-refractivity contribution is 5.69. The van der Waals surface area contributed by atoms with Crippen LogP contribution in [0.3, 0.4) is 0 Å². The lowest BCUT2D eigenvalue weighted by Crippen LogP contribution is -2.04. The molecule has 1 aromatic rings. The molecule has 0 aliphatic rings. The van der Waals surface area contributed by atoms with Crippen molar-refractivity contribution < 1.29 is 15.0 Å². The van der Waals surface area contributed by atoms with E-state index in [9.17, 15) is 4.79 Å². The van der Waals surface area contributed by atoms with Crippen LogP contribution < -0.4 is 0 Å². The zero-order chi connectivity index (χ0) is 13.3. The van der Waals surface area contributed by atoms with Crippen molar-refractivity contribution in [1.29, 1.82) is 0 Å². The van der Waals surface area contributed by atoms with Gasteiger partial charge in [0.2, 0.25) is 0 Å². The van der Waals surface area contributed by atoms with Crippen LogP contribution in [0.15, 0.2) is 24.3 Å². The van der Waals surface area contributed by atoms with Crippen LogP contribution in [-0.2, 0) is 4.79 Å². The summed E-state index contributed by atoms with van der Waals surface area (Å²) >= 11 is 0. The summed E-state index contributed by atoms with van der Waals surface area (Å²) in [5.41, 5.74) is 0.810. The number of carboxylic acids is 1. The van der Waals surface area contributed by atoms with Gasteiger partial charge in [0.25, 0.3) is 0 Å². The normalized spacial score (nSPS) is 10.3. The quantitative estimate of drug-likeness (QED) is 0.790. The SMILES string of the molecule is CC.CC#C[C@@H](CC(=O)O)c1ccc(O)cc1. The highest BCUT2D eigenvalue weighted by Gasteiger charge is 2.12. The number of phenols is 1. The van der Waals surface area contributed by atoms with E-state index in [-0.39, 0.29) is 18.1 Å². The number of carbonyl (C=O) groups is 1. The number of aliphatic carboxylic acids is 1. The molecule has 3 heteroatoms. The van der Waals surface area contributed by atoms with Crippen molar-refractivity contribution in [3.05, 3.63) is 29.8 Å². The van der Waals surface area contributed by atoms with Gasteiger partial charge in [-0.2, -0.15) is 0 Å². The predicted molar refractivity (Wildman–Crippen MR) is 67.9 cm³/mol. The number of benzene rings is 1. The summed E-state index contributed by atoms with van der Waals surface area (Å²) < 4.78 is 0. The van der Waals surface area contributed by atoms with E-state index in [0.717, 1.165) is 5.56 Å².